The Hall–Kier alpha value is -0.180. The van der Waals surface area contributed by atoms with Gasteiger partial charge in [-0.25, -0.2) is 0 Å². The number of benzene rings is 1. The summed E-state index contributed by atoms with van der Waals surface area (Å²) >= 11 is 0. The van der Waals surface area contributed by atoms with Crippen LogP contribution in [0.25, 0.3) is 0 Å². The normalized spacial score (nSPS) is 10.9. The predicted octanol–water partition coefficient (Wildman–Crippen LogP) is -1.94. The SMILES string of the molecule is OC[P+](CO)(CO)Cc1ccccc1.[Cl-]. The summed E-state index contributed by atoms with van der Waals surface area (Å²) < 4.78 is 0. The largest absolute Gasteiger partial charge is 1.00 e. The fourth-order valence-electron chi connectivity index (χ4n) is 1.25. The summed E-state index contributed by atoms with van der Waals surface area (Å²) in [6, 6.07) is 9.62. The van der Waals surface area contributed by atoms with Crippen LogP contribution in [-0.4, -0.2) is 34.4 Å². The second-order valence-corrected chi connectivity index (χ2v) is 7.26. The molecule has 0 aliphatic heterocycles. The van der Waals surface area contributed by atoms with Gasteiger partial charge in [0.1, 0.15) is 0 Å². The van der Waals surface area contributed by atoms with Gasteiger partial charge in [-0.1, -0.05) is 30.3 Å². The summed E-state index contributed by atoms with van der Waals surface area (Å²) in [6.45, 7) is 0. The maximum atomic E-state index is 9.17. The van der Waals surface area contributed by atoms with Crippen molar-refractivity contribution >= 4 is 7.26 Å². The average Bonchev–Trinajstić information content (AvgIpc) is 2.28. The zero-order valence-electron chi connectivity index (χ0n) is 8.38. The van der Waals surface area contributed by atoms with Crippen molar-refractivity contribution in [2.75, 3.05) is 19.0 Å². The third kappa shape index (κ3) is 4.06. The summed E-state index contributed by atoms with van der Waals surface area (Å²) in [4.78, 5) is 0. The molecule has 0 radical (unpaired) electrons. The Kier molecular flexibility index (Phi) is 7.07. The maximum Gasteiger partial charge on any atom is 0.159 e. The average molecular weight is 251 g/mol. The molecule has 0 aliphatic rings. The van der Waals surface area contributed by atoms with Gasteiger partial charge in [0.2, 0.25) is 0 Å². The molecule has 1 aromatic rings. The second kappa shape index (κ2) is 7.15. The van der Waals surface area contributed by atoms with E-state index in [9.17, 15) is 0 Å². The van der Waals surface area contributed by atoms with Crippen LogP contribution in [0.4, 0.5) is 0 Å². The standard InChI is InChI=1S/C10H16O3P.ClH/c11-7-14(8-12,9-13)6-10-4-2-1-3-5-10;/h1-5,11-13H,6-9H2;1H/q+1;/p-1. The molecule has 5 heteroatoms. The Bertz CT molecular complexity index is 256. The Balaban J connectivity index is 0.00000196. The second-order valence-electron chi connectivity index (χ2n) is 3.41. The number of aliphatic hydroxyl groups excluding tert-OH is 3. The van der Waals surface area contributed by atoms with E-state index in [1.54, 1.807) is 0 Å². The molecule has 1 rings (SSSR count). The summed E-state index contributed by atoms with van der Waals surface area (Å²) in [5, 5.41) is 27.5. The van der Waals surface area contributed by atoms with Crippen molar-refractivity contribution in [3.63, 3.8) is 0 Å². The first-order chi connectivity index (χ1) is 6.76. The van der Waals surface area contributed by atoms with Crippen LogP contribution in [0, 0.1) is 0 Å². The van der Waals surface area contributed by atoms with E-state index >= 15 is 0 Å². The summed E-state index contributed by atoms with van der Waals surface area (Å²) in [7, 11) is -1.99. The van der Waals surface area contributed by atoms with Crippen LogP contribution in [0.2, 0.25) is 0 Å². The quantitative estimate of drug-likeness (QED) is 0.533. The highest BCUT2D eigenvalue weighted by molar-refractivity contribution is 7.74. The van der Waals surface area contributed by atoms with Gasteiger partial charge in [0.05, 0.1) is 13.4 Å². The van der Waals surface area contributed by atoms with Crippen molar-refractivity contribution in [1.82, 2.24) is 0 Å². The highest BCUT2D eigenvalue weighted by atomic mass is 35.5. The van der Waals surface area contributed by atoms with Gasteiger partial charge in [-0.3, -0.25) is 0 Å². The van der Waals surface area contributed by atoms with Crippen LogP contribution in [0.5, 0.6) is 0 Å². The van der Waals surface area contributed by atoms with Crippen molar-refractivity contribution in [1.29, 1.82) is 0 Å². The van der Waals surface area contributed by atoms with Gasteiger partial charge in [0.15, 0.2) is 19.0 Å². The maximum absolute atomic E-state index is 9.17. The molecule has 1 aromatic carbocycles. The topological polar surface area (TPSA) is 60.7 Å². The molecule has 0 saturated heterocycles. The minimum absolute atomic E-state index is 0. The van der Waals surface area contributed by atoms with E-state index in [4.69, 9.17) is 15.3 Å². The van der Waals surface area contributed by atoms with Crippen LogP contribution < -0.4 is 12.4 Å². The minimum atomic E-state index is -1.99. The smallest absolute Gasteiger partial charge is 0.159 e. The van der Waals surface area contributed by atoms with Crippen LogP contribution >= 0.6 is 7.26 Å². The van der Waals surface area contributed by atoms with Crippen molar-refractivity contribution < 1.29 is 27.7 Å². The Morgan fingerprint density at radius 1 is 0.867 bits per heavy atom. The fraction of sp³-hybridized carbons (Fsp3) is 0.400. The molecule has 0 aliphatic carbocycles. The zero-order valence-corrected chi connectivity index (χ0v) is 10.0. The number of halogens is 1. The van der Waals surface area contributed by atoms with E-state index in [0.717, 1.165) is 5.56 Å². The lowest BCUT2D eigenvalue weighted by molar-refractivity contribution is -0.00000545. The van der Waals surface area contributed by atoms with E-state index in [1.165, 1.54) is 0 Å². The van der Waals surface area contributed by atoms with Gasteiger partial charge in [-0.05, 0) is 5.56 Å². The van der Waals surface area contributed by atoms with Crippen LogP contribution in [0.3, 0.4) is 0 Å². The Morgan fingerprint density at radius 2 is 1.33 bits per heavy atom. The molecular weight excluding hydrogens is 235 g/mol. The first-order valence-corrected chi connectivity index (χ1v) is 7.01. The lowest BCUT2D eigenvalue weighted by atomic mass is 10.2. The number of aliphatic hydroxyl groups is 3. The highest BCUT2D eigenvalue weighted by Crippen LogP contribution is 2.58. The van der Waals surface area contributed by atoms with E-state index in [-0.39, 0.29) is 31.5 Å². The van der Waals surface area contributed by atoms with Gasteiger partial charge in [0.25, 0.3) is 0 Å². The van der Waals surface area contributed by atoms with Gasteiger partial charge in [-0.15, -0.1) is 0 Å². The third-order valence-electron chi connectivity index (χ3n) is 2.26. The van der Waals surface area contributed by atoms with Gasteiger partial charge in [0, 0.05) is 0 Å². The van der Waals surface area contributed by atoms with Crippen molar-refractivity contribution in [2.24, 2.45) is 0 Å². The molecule has 0 bridgehead atoms. The molecule has 0 spiro atoms. The first-order valence-electron chi connectivity index (χ1n) is 4.48. The predicted molar refractivity (Wildman–Crippen MR) is 58.3 cm³/mol. The molecule has 86 valence electrons. The summed E-state index contributed by atoms with van der Waals surface area (Å²) in [5.41, 5.74) is 1.05. The van der Waals surface area contributed by atoms with E-state index in [0.29, 0.717) is 6.16 Å². The Morgan fingerprint density at radius 3 is 1.73 bits per heavy atom. The lowest BCUT2D eigenvalue weighted by Crippen LogP contribution is -3.00. The molecule has 0 saturated carbocycles. The summed E-state index contributed by atoms with van der Waals surface area (Å²) in [5.74, 6) is 0. The lowest BCUT2D eigenvalue weighted by Gasteiger charge is -2.19. The van der Waals surface area contributed by atoms with Crippen molar-refractivity contribution in [2.45, 2.75) is 6.16 Å². The molecule has 0 aromatic heterocycles. The van der Waals surface area contributed by atoms with Gasteiger partial charge < -0.3 is 27.7 Å². The monoisotopic (exact) mass is 250 g/mol. The molecule has 15 heavy (non-hydrogen) atoms. The van der Waals surface area contributed by atoms with Crippen molar-refractivity contribution in [3.05, 3.63) is 35.9 Å². The van der Waals surface area contributed by atoms with Gasteiger partial charge >= 0.3 is 0 Å². The molecular formula is C10H16ClO3P. The molecule has 3 nitrogen and oxygen atoms in total. The van der Waals surface area contributed by atoms with E-state index < -0.39 is 7.26 Å². The molecule has 0 heterocycles. The highest BCUT2D eigenvalue weighted by Gasteiger charge is 2.35. The number of hydrogen-bond acceptors (Lipinski definition) is 3. The van der Waals surface area contributed by atoms with Crippen LogP contribution in [0.15, 0.2) is 30.3 Å². The van der Waals surface area contributed by atoms with Crippen molar-refractivity contribution in [3.8, 4) is 0 Å². The van der Waals surface area contributed by atoms with Crippen LogP contribution in [-0.2, 0) is 6.16 Å². The zero-order chi connectivity index (χ0) is 10.4. The molecule has 0 fully saturated rings. The van der Waals surface area contributed by atoms with Crippen LogP contribution in [0.1, 0.15) is 5.56 Å². The Labute approximate surface area is 96.5 Å². The molecule has 3 N–H and O–H groups in total. The van der Waals surface area contributed by atoms with E-state index in [1.807, 2.05) is 30.3 Å². The number of hydrogen-bond donors (Lipinski definition) is 3. The molecule has 0 amide bonds. The molecule has 0 atom stereocenters. The first kappa shape index (κ1) is 14.8. The van der Waals surface area contributed by atoms with Gasteiger partial charge in [-0.2, -0.15) is 0 Å². The minimum Gasteiger partial charge on any atom is -1.00 e. The number of rotatable bonds is 5. The molecule has 0 unspecified atom stereocenters. The third-order valence-corrected chi connectivity index (χ3v) is 5.10. The summed E-state index contributed by atoms with van der Waals surface area (Å²) in [6.07, 6.45) is 0.288. The van der Waals surface area contributed by atoms with E-state index in [2.05, 4.69) is 0 Å². The fourth-order valence-corrected chi connectivity index (χ4v) is 2.81.